The molecule has 1 aromatic rings. The standard InChI is InChI=1S/C38H63N5O9/c1-12-24(4)33(41(7)31(45)22-39-37(48)32(23(2)3)42(8)38(49)52-11)29(50-9)21-30(44)43-20-16-19-28(43)35(51-10)25(5)36(47)40-26(6)34(46)27-17-14-13-15-18-27/h13-15,17-18,23-26,28-29,32-35,46H,12,16,19-22H2,1-11H3,(H,39,48)(H,40,47)/t24-,25+,26+,28-,29+,32?,33-,34+,35+/m0/s1. The molecule has 14 heteroatoms. The molecule has 0 spiro atoms. The number of hydrogen-bond acceptors (Lipinski definition) is 9. The van der Waals surface area contributed by atoms with E-state index in [2.05, 4.69) is 10.6 Å². The molecular formula is C38H63N5O9. The number of nitrogens with one attached hydrogen (secondary N) is 2. The van der Waals surface area contributed by atoms with E-state index in [0.29, 0.717) is 24.9 Å². The second-order valence-electron chi connectivity index (χ2n) is 14.3. The molecule has 0 saturated carbocycles. The number of likely N-dealkylation sites (tertiary alicyclic amines) is 1. The van der Waals surface area contributed by atoms with Crippen LogP contribution in [0.1, 0.15) is 78.9 Å². The molecule has 0 radical (unpaired) electrons. The lowest BCUT2D eigenvalue weighted by atomic mass is 9.90. The molecule has 3 N–H and O–H groups in total. The van der Waals surface area contributed by atoms with Crippen LogP contribution in [0.5, 0.6) is 0 Å². The highest BCUT2D eigenvalue weighted by molar-refractivity contribution is 5.89. The van der Waals surface area contributed by atoms with Crippen molar-refractivity contribution in [2.45, 2.75) is 110 Å². The Kier molecular flexibility index (Phi) is 18.0. The summed E-state index contributed by atoms with van der Waals surface area (Å²) < 4.78 is 16.6. The average molecular weight is 734 g/mol. The highest BCUT2D eigenvalue weighted by Crippen LogP contribution is 2.29. The molecule has 1 saturated heterocycles. The largest absolute Gasteiger partial charge is 0.453 e. The fourth-order valence-electron chi connectivity index (χ4n) is 7.27. The van der Waals surface area contributed by atoms with Gasteiger partial charge >= 0.3 is 6.09 Å². The van der Waals surface area contributed by atoms with E-state index < -0.39 is 54.4 Å². The van der Waals surface area contributed by atoms with Gasteiger partial charge in [0, 0.05) is 34.9 Å². The van der Waals surface area contributed by atoms with Crippen LogP contribution in [-0.2, 0) is 33.4 Å². The van der Waals surface area contributed by atoms with Crippen molar-refractivity contribution in [1.82, 2.24) is 25.3 Å². The molecule has 1 heterocycles. The van der Waals surface area contributed by atoms with Gasteiger partial charge in [0.15, 0.2) is 0 Å². The second kappa shape index (κ2) is 21.1. The predicted octanol–water partition coefficient (Wildman–Crippen LogP) is 2.98. The Balaban J connectivity index is 2.16. The molecular weight excluding hydrogens is 670 g/mol. The first-order valence-corrected chi connectivity index (χ1v) is 18.3. The van der Waals surface area contributed by atoms with Gasteiger partial charge in [-0.3, -0.25) is 24.1 Å². The van der Waals surface area contributed by atoms with E-state index in [1.165, 1.54) is 38.2 Å². The Morgan fingerprint density at radius 3 is 2.12 bits per heavy atom. The van der Waals surface area contributed by atoms with E-state index in [4.69, 9.17) is 14.2 Å². The van der Waals surface area contributed by atoms with Crippen LogP contribution in [0.25, 0.3) is 0 Å². The van der Waals surface area contributed by atoms with Gasteiger partial charge in [0.25, 0.3) is 0 Å². The number of rotatable bonds is 19. The number of carbonyl (C=O) groups is 5. The number of ether oxygens (including phenoxy) is 3. The summed E-state index contributed by atoms with van der Waals surface area (Å²) in [7, 11) is 7.39. The van der Waals surface area contributed by atoms with E-state index in [1.54, 1.807) is 51.8 Å². The first-order valence-electron chi connectivity index (χ1n) is 18.3. The minimum absolute atomic E-state index is 0.0113. The van der Waals surface area contributed by atoms with Crippen molar-refractivity contribution in [1.29, 1.82) is 0 Å². The van der Waals surface area contributed by atoms with Crippen molar-refractivity contribution in [3.63, 3.8) is 0 Å². The Morgan fingerprint density at radius 2 is 1.58 bits per heavy atom. The van der Waals surface area contributed by atoms with Crippen molar-refractivity contribution in [2.75, 3.05) is 48.5 Å². The van der Waals surface area contributed by atoms with Crippen molar-refractivity contribution in [3.8, 4) is 0 Å². The molecule has 0 aliphatic carbocycles. The number of hydrogen-bond donors (Lipinski definition) is 3. The van der Waals surface area contributed by atoms with Crippen LogP contribution in [0.3, 0.4) is 0 Å². The lowest BCUT2D eigenvalue weighted by Crippen LogP contribution is -2.56. The SMILES string of the molecule is CC[C@H](C)[C@@H]([C@@H](CC(=O)N1CCC[C@H]1[C@H](OC)[C@@H](C)C(=O)N[C@H](C)[C@@H](O)c1ccccc1)OC)N(C)C(=O)CNC(=O)C(C(C)C)N(C)C(=O)OC. The van der Waals surface area contributed by atoms with Crippen LogP contribution in [0.2, 0.25) is 0 Å². The number of amides is 5. The number of nitrogens with zero attached hydrogens (tertiary/aromatic N) is 3. The minimum Gasteiger partial charge on any atom is -0.453 e. The number of carbonyl (C=O) groups excluding carboxylic acids is 5. The molecule has 52 heavy (non-hydrogen) atoms. The first kappa shape index (κ1) is 44.4. The molecule has 9 atom stereocenters. The fraction of sp³-hybridized carbons (Fsp3) is 0.711. The van der Waals surface area contributed by atoms with Gasteiger partial charge in [-0.2, -0.15) is 0 Å². The maximum Gasteiger partial charge on any atom is 0.409 e. The van der Waals surface area contributed by atoms with Crippen LogP contribution in [-0.4, -0.2) is 134 Å². The third-order valence-corrected chi connectivity index (χ3v) is 10.5. The summed E-state index contributed by atoms with van der Waals surface area (Å²) >= 11 is 0. The Morgan fingerprint density at radius 1 is 0.942 bits per heavy atom. The van der Waals surface area contributed by atoms with Crippen molar-refractivity contribution in [3.05, 3.63) is 35.9 Å². The highest BCUT2D eigenvalue weighted by atomic mass is 16.5. The summed E-state index contributed by atoms with van der Waals surface area (Å²) in [6.45, 7) is 11.3. The Hall–Kier alpha value is -3.75. The first-order chi connectivity index (χ1) is 24.5. The lowest BCUT2D eigenvalue weighted by molar-refractivity contribution is -0.146. The molecule has 1 aliphatic heterocycles. The maximum absolute atomic E-state index is 14.0. The highest BCUT2D eigenvalue weighted by Gasteiger charge is 2.42. The average Bonchev–Trinajstić information content (AvgIpc) is 3.62. The lowest BCUT2D eigenvalue weighted by Gasteiger charge is -2.39. The van der Waals surface area contributed by atoms with Gasteiger partial charge < -0.3 is 39.8 Å². The smallest absolute Gasteiger partial charge is 0.409 e. The van der Waals surface area contributed by atoms with Gasteiger partial charge in [0.2, 0.25) is 23.6 Å². The number of likely N-dealkylation sites (N-methyl/N-ethyl adjacent to an activating group) is 2. The normalized spacial score (nSPS) is 19.0. The summed E-state index contributed by atoms with van der Waals surface area (Å²) in [6, 6.07) is 6.87. The molecule has 1 aliphatic rings. The number of aliphatic hydroxyl groups is 1. The summed E-state index contributed by atoms with van der Waals surface area (Å²) in [5.41, 5.74) is 0.697. The molecule has 1 unspecified atom stereocenters. The molecule has 1 aromatic carbocycles. The van der Waals surface area contributed by atoms with Crippen LogP contribution >= 0.6 is 0 Å². The quantitative estimate of drug-likeness (QED) is 0.194. The van der Waals surface area contributed by atoms with E-state index in [1.807, 2.05) is 32.0 Å². The third-order valence-electron chi connectivity index (χ3n) is 10.5. The molecule has 5 amide bonds. The monoisotopic (exact) mass is 733 g/mol. The summed E-state index contributed by atoms with van der Waals surface area (Å²) in [5, 5.41) is 16.4. The zero-order valence-electron chi connectivity index (χ0n) is 33.0. The van der Waals surface area contributed by atoms with Gasteiger partial charge in [-0.1, -0.05) is 71.4 Å². The topological polar surface area (TPSA) is 167 Å². The third kappa shape index (κ3) is 11.4. The van der Waals surface area contributed by atoms with E-state index in [9.17, 15) is 29.1 Å². The van der Waals surface area contributed by atoms with Crippen LogP contribution in [0.4, 0.5) is 4.79 Å². The number of methoxy groups -OCH3 is 3. The second-order valence-corrected chi connectivity index (χ2v) is 14.3. The van der Waals surface area contributed by atoms with Crippen molar-refractivity contribution < 1.29 is 43.3 Å². The molecule has 0 aromatic heterocycles. The minimum atomic E-state index is -0.890. The van der Waals surface area contributed by atoms with Crippen molar-refractivity contribution in [2.24, 2.45) is 17.8 Å². The van der Waals surface area contributed by atoms with Crippen LogP contribution in [0.15, 0.2) is 30.3 Å². The zero-order valence-corrected chi connectivity index (χ0v) is 33.0. The van der Waals surface area contributed by atoms with Crippen LogP contribution < -0.4 is 10.6 Å². The van der Waals surface area contributed by atoms with Gasteiger partial charge in [0.1, 0.15) is 6.04 Å². The zero-order chi connectivity index (χ0) is 39.3. The maximum atomic E-state index is 14.0. The Labute approximate surface area is 309 Å². The van der Waals surface area contributed by atoms with Gasteiger partial charge in [-0.15, -0.1) is 0 Å². The van der Waals surface area contributed by atoms with E-state index in [-0.39, 0.29) is 48.6 Å². The summed E-state index contributed by atoms with van der Waals surface area (Å²) in [4.78, 5) is 70.7. The number of benzene rings is 1. The summed E-state index contributed by atoms with van der Waals surface area (Å²) in [5.74, 6) is -2.25. The Bertz CT molecular complexity index is 1310. The van der Waals surface area contributed by atoms with Gasteiger partial charge in [-0.05, 0) is 37.2 Å². The molecule has 294 valence electrons. The molecule has 14 nitrogen and oxygen atoms in total. The van der Waals surface area contributed by atoms with Gasteiger partial charge in [0.05, 0.1) is 62.4 Å². The molecule has 1 fully saturated rings. The summed E-state index contributed by atoms with van der Waals surface area (Å²) in [6.07, 6.45) is -0.738. The van der Waals surface area contributed by atoms with Crippen molar-refractivity contribution >= 4 is 29.7 Å². The van der Waals surface area contributed by atoms with Gasteiger partial charge in [-0.25, -0.2) is 4.79 Å². The molecule has 2 rings (SSSR count). The predicted molar refractivity (Wildman–Crippen MR) is 197 cm³/mol. The molecule has 0 bridgehead atoms. The number of aliphatic hydroxyl groups excluding tert-OH is 1. The van der Waals surface area contributed by atoms with E-state index >= 15 is 0 Å². The van der Waals surface area contributed by atoms with E-state index in [0.717, 1.165) is 6.42 Å². The fourth-order valence-corrected chi connectivity index (χ4v) is 7.27. The van der Waals surface area contributed by atoms with Crippen LogP contribution in [0, 0.1) is 17.8 Å².